The van der Waals surface area contributed by atoms with Gasteiger partial charge in [-0.3, -0.25) is 14.5 Å². The van der Waals surface area contributed by atoms with Crippen LogP contribution in [-0.4, -0.2) is 73.1 Å². The van der Waals surface area contributed by atoms with E-state index in [2.05, 4.69) is 0 Å². The quantitative estimate of drug-likeness (QED) is 0.683. The van der Waals surface area contributed by atoms with Crippen molar-refractivity contribution in [2.24, 2.45) is 5.73 Å². The Kier molecular flexibility index (Phi) is 6.18. The molecule has 2 aromatic rings. The van der Waals surface area contributed by atoms with Crippen LogP contribution in [0.4, 0.5) is 0 Å². The van der Waals surface area contributed by atoms with Crippen LogP contribution >= 0.6 is 0 Å². The van der Waals surface area contributed by atoms with Crippen LogP contribution in [0.3, 0.4) is 0 Å². The summed E-state index contributed by atoms with van der Waals surface area (Å²) in [5.41, 5.74) is 10.2. The van der Waals surface area contributed by atoms with Gasteiger partial charge in [0.05, 0.1) is 17.5 Å². The minimum atomic E-state index is -3.59. The molecule has 2 heterocycles. The molecule has 0 bridgehead atoms. The molecule has 1 atom stereocenters. The van der Waals surface area contributed by atoms with Gasteiger partial charge in [-0.05, 0) is 60.1 Å². The summed E-state index contributed by atoms with van der Waals surface area (Å²) in [6.45, 7) is 1.74. The summed E-state index contributed by atoms with van der Waals surface area (Å²) in [5.74, 6) is -0.548. The highest BCUT2D eigenvalue weighted by molar-refractivity contribution is 7.89. The predicted molar refractivity (Wildman–Crippen MR) is 127 cm³/mol. The Balaban J connectivity index is 1.22. The monoisotopic (exact) mass is 482 g/mol. The highest BCUT2D eigenvalue weighted by atomic mass is 32.2. The summed E-state index contributed by atoms with van der Waals surface area (Å²) in [5, 5.41) is 0. The lowest BCUT2D eigenvalue weighted by atomic mass is 9.93. The molecule has 0 radical (unpaired) electrons. The molecule has 0 aromatic heterocycles. The van der Waals surface area contributed by atoms with E-state index in [1.807, 2.05) is 41.3 Å². The van der Waals surface area contributed by atoms with E-state index in [9.17, 15) is 18.0 Å². The number of primary amides is 1. The maximum Gasteiger partial charge on any atom is 0.243 e. The molecule has 0 spiro atoms. The number of piperazine rings is 1. The normalized spacial score (nSPS) is 21.2. The molecule has 8 nitrogen and oxygen atoms in total. The second-order valence-electron chi connectivity index (χ2n) is 9.36. The number of aryl methyl sites for hydroxylation is 2. The Morgan fingerprint density at radius 2 is 1.62 bits per heavy atom. The first-order valence-electron chi connectivity index (χ1n) is 11.8. The van der Waals surface area contributed by atoms with Crippen LogP contribution in [0.5, 0.6) is 0 Å². The standard InChI is InChI=1S/C25H30N4O4S/c26-25(31)23-15-20-4-1-2-5-21(20)16-28(23)17-24(30)27-10-12-29(13-11-27)34(32,33)22-9-8-18-6-3-7-19(18)14-22/h1-2,4-5,8-9,14,23H,3,6-7,10-13,15-17H2,(H2,26,31)/t23-/m0/s1. The second-order valence-corrected chi connectivity index (χ2v) is 11.3. The van der Waals surface area contributed by atoms with Crippen molar-refractivity contribution in [2.45, 2.75) is 43.2 Å². The molecule has 0 unspecified atom stereocenters. The van der Waals surface area contributed by atoms with Crippen LogP contribution in [-0.2, 0) is 45.4 Å². The topological polar surface area (TPSA) is 104 Å². The van der Waals surface area contributed by atoms with Crippen molar-refractivity contribution in [1.29, 1.82) is 0 Å². The summed E-state index contributed by atoms with van der Waals surface area (Å²) < 4.78 is 27.8. The van der Waals surface area contributed by atoms with Gasteiger partial charge in [-0.2, -0.15) is 4.31 Å². The maximum atomic E-state index is 13.2. The Hall–Kier alpha value is -2.75. The molecule has 2 amide bonds. The Morgan fingerprint density at radius 3 is 2.35 bits per heavy atom. The zero-order valence-corrected chi connectivity index (χ0v) is 20.0. The van der Waals surface area contributed by atoms with E-state index >= 15 is 0 Å². The van der Waals surface area contributed by atoms with E-state index in [1.54, 1.807) is 11.0 Å². The predicted octanol–water partition coefficient (Wildman–Crippen LogP) is 0.920. The number of fused-ring (bicyclic) bond motifs is 2. The summed E-state index contributed by atoms with van der Waals surface area (Å²) in [4.78, 5) is 29.0. The van der Waals surface area contributed by atoms with Crippen molar-refractivity contribution in [3.8, 4) is 0 Å². The average Bonchev–Trinajstić information content (AvgIpc) is 3.31. The van der Waals surface area contributed by atoms with E-state index in [4.69, 9.17) is 5.73 Å². The van der Waals surface area contributed by atoms with Crippen molar-refractivity contribution >= 4 is 21.8 Å². The first-order chi connectivity index (χ1) is 16.3. The molecule has 1 fully saturated rings. The molecule has 0 saturated carbocycles. The van der Waals surface area contributed by atoms with Gasteiger partial charge in [0, 0.05) is 32.7 Å². The van der Waals surface area contributed by atoms with Crippen molar-refractivity contribution in [3.63, 3.8) is 0 Å². The summed E-state index contributed by atoms with van der Waals surface area (Å²) in [6.07, 6.45) is 3.49. The van der Waals surface area contributed by atoms with Crippen LogP contribution in [0, 0.1) is 0 Å². The summed E-state index contributed by atoms with van der Waals surface area (Å²) >= 11 is 0. The smallest absolute Gasteiger partial charge is 0.243 e. The van der Waals surface area contributed by atoms with Crippen molar-refractivity contribution in [2.75, 3.05) is 32.7 Å². The van der Waals surface area contributed by atoms with E-state index in [0.29, 0.717) is 31.0 Å². The molecular formula is C25H30N4O4S. The average molecular weight is 483 g/mol. The molecule has 9 heteroatoms. The Labute approximate surface area is 200 Å². The minimum absolute atomic E-state index is 0.0829. The lowest BCUT2D eigenvalue weighted by Gasteiger charge is -2.38. The third kappa shape index (κ3) is 4.35. The van der Waals surface area contributed by atoms with Crippen molar-refractivity contribution in [1.82, 2.24) is 14.1 Å². The fraction of sp³-hybridized carbons (Fsp3) is 0.440. The fourth-order valence-corrected chi connectivity index (χ4v) is 6.81. The number of hydrogen-bond acceptors (Lipinski definition) is 5. The molecule has 5 rings (SSSR count). The number of carbonyl (C=O) groups is 2. The number of benzene rings is 2. The van der Waals surface area contributed by atoms with Crippen LogP contribution in [0.2, 0.25) is 0 Å². The number of carbonyl (C=O) groups excluding carboxylic acids is 2. The van der Waals surface area contributed by atoms with Crippen molar-refractivity contribution < 1.29 is 18.0 Å². The maximum absolute atomic E-state index is 13.2. The number of sulfonamides is 1. The number of nitrogens with two attached hydrogens (primary N) is 1. The van der Waals surface area contributed by atoms with E-state index in [-0.39, 0.29) is 25.5 Å². The van der Waals surface area contributed by atoms with E-state index in [1.165, 1.54) is 9.87 Å². The molecule has 1 saturated heterocycles. The molecule has 2 aliphatic heterocycles. The fourth-order valence-electron chi connectivity index (χ4n) is 5.33. The highest BCUT2D eigenvalue weighted by Crippen LogP contribution is 2.27. The highest BCUT2D eigenvalue weighted by Gasteiger charge is 2.34. The first-order valence-corrected chi connectivity index (χ1v) is 13.3. The van der Waals surface area contributed by atoms with Gasteiger partial charge >= 0.3 is 0 Å². The van der Waals surface area contributed by atoms with Crippen molar-refractivity contribution in [3.05, 3.63) is 64.7 Å². The van der Waals surface area contributed by atoms with E-state index in [0.717, 1.165) is 36.0 Å². The zero-order valence-electron chi connectivity index (χ0n) is 19.2. The lowest BCUT2D eigenvalue weighted by molar-refractivity contribution is -0.136. The number of nitrogens with zero attached hydrogens (tertiary/aromatic N) is 3. The third-order valence-corrected chi connectivity index (χ3v) is 9.21. The Morgan fingerprint density at radius 1 is 0.912 bits per heavy atom. The van der Waals surface area contributed by atoms with Gasteiger partial charge in [0.1, 0.15) is 0 Å². The molecule has 34 heavy (non-hydrogen) atoms. The molecule has 2 N–H and O–H groups in total. The van der Waals surface area contributed by atoms with Gasteiger partial charge in [0.15, 0.2) is 0 Å². The van der Waals surface area contributed by atoms with Gasteiger partial charge in [0.25, 0.3) is 0 Å². The SMILES string of the molecule is NC(=O)[C@@H]1Cc2ccccc2CN1CC(=O)N1CCN(S(=O)(=O)c2ccc3c(c2)CCC3)CC1. The van der Waals surface area contributed by atoms with Crippen LogP contribution in [0.15, 0.2) is 47.4 Å². The number of hydrogen-bond donors (Lipinski definition) is 1. The minimum Gasteiger partial charge on any atom is -0.368 e. The molecule has 180 valence electrons. The van der Waals surface area contributed by atoms with Gasteiger partial charge in [-0.15, -0.1) is 0 Å². The van der Waals surface area contributed by atoms with E-state index < -0.39 is 22.0 Å². The van der Waals surface area contributed by atoms with Crippen LogP contribution in [0.25, 0.3) is 0 Å². The first kappa shape index (κ1) is 23.0. The summed E-state index contributed by atoms with van der Waals surface area (Å²) in [7, 11) is -3.59. The third-order valence-electron chi connectivity index (χ3n) is 7.31. The van der Waals surface area contributed by atoms with Crippen LogP contribution < -0.4 is 5.73 Å². The molecule has 1 aliphatic carbocycles. The van der Waals surface area contributed by atoms with Crippen LogP contribution in [0.1, 0.15) is 28.7 Å². The van der Waals surface area contributed by atoms with Gasteiger partial charge in [-0.1, -0.05) is 30.3 Å². The second kappa shape index (κ2) is 9.13. The Bertz CT molecular complexity index is 1220. The molecular weight excluding hydrogens is 452 g/mol. The van der Waals surface area contributed by atoms with Gasteiger partial charge in [0.2, 0.25) is 21.8 Å². The number of rotatable bonds is 5. The van der Waals surface area contributed by atoms with Gasteiger partial charge in [-0.25, -0.2) is 8.42 Å². The largest absolute Gasteiger partial charge is 0.368 e. The lowest BCUT2D eigenvalue weighted by Crippen LogP contribution is -2.55. The molecule has 2 aromatic carbocycles. The van der Waals surface area contributed by atoms with Gasteiger partial charge < -0.3 is 10.6 Å². The molecule has 3 aliphatic rings. The zero-order chi connectivity index (χ0) is 23.9. The summed E-state index contributed by atoms with van der Waals surface area (Å²) in [6, 6.07) is 12.8. The number of amides is 2.